The highest BCUT2D eigenvalue weighted by atomic mass is 16.7. The third-order valence-electron chi connectivity index (χ3n) is 16.3. The van der Waals surface area contributed by atoms with Gasteiger partial charge in [-0.3, -0.25) is 0 Å². The Bertz CT molecular complexity index is 3220. The molecule has 0 amide bonds. The quantitative estimate of drug-likeness (QED) is 0.127. The van der Waals surface area contributed by atoms with E-state index in [1.165, 1.54) is 44.5 Å². The number of benzene rings is 8. The number of aryl methyl sites for hydroxylation is 4. The molecule has 3 aliphatic rings. The number of rotatable bonds is 10. The second-order valence-corrected chi connectivity index (χ2v) is 22.6. The van der Waals surface area contributed by atoms with E-state index in [4.69, 9.17) is 18.6 Å². The molecule has 2 fully saturated rings. The number of anilines is 6. The minimum Gasteiger partial charge on any atom is -0.399 e. The summed E-state index contributed by atoms with van der Waals surface area (Å²) in [4.78, 5) is 4.67. The highest BCUT2D eigenvalue weighted by Gasteiger charge is 2.54. The van der Waals surface area contributed by atoms with Crippen molar-refractivity contribution in [1.82, 2.24) is 0 Å². The van der Waals surface area contributed by atoms with Gasteiger partial charge in [-0.2, -0.15) is 0 Å². The molecule has 0 bridgehead atoms. The van der Waals surface area contributed by atoms with Crippen LogP contribution in [-0.2, 0) is 25.0 Å². The highest BCUT2D eigenvalue weighted by Crippen LogP contribution is 2.48. The molecule has 0 aromatic heterocycles. The van der Waals surface area contributed by atoms with Gasteiger partial charge in [0.1, 0.15) is 0 Å². The number of fused-ring (bicyclic) bond motifs is 3. The van der Waals surface area contributed by atoms with Crippen molar-refractivity contribution in [1.29, 1.82) is 0 Å². The summed E-state index contributed by atoms with van der Waals surface area (Å²) in [5.74, 6) is 0. The molecule has 0 radical (unpaired) electrons. The van der Waals surface area contributed by atoms with Gasteiger partial charge in [-0.1, -0.05) is 113 Å². The first-order valence-electron chi connectivity index (χ1n) is 25.9. The fraction of sp³-hybridized carbons (Fsp3) is 0.262. The van der Waals surface area contributed by atoms with Gasteiger partial charge in [0.25, 0.3) is 0 Å². The van der Waals surface area contributed by atoms with Crippen LogP contribution in [0.1, 0.15) is 88.8 Å². The molecule has 366 valence electrons. The van der Waals surface area contributed by atoms with Crippen LogP contribution in [0.4, 0.5) is 34.1 Å². The van der Waals surface area contributed by atoms with Gasteiger partial charge in [-0.25, -0.2) is 0 Å². The molecule has 0 unspecified atom stereocenters. The molecule has 8 heteroatoms. The van der Waals surface area contributed by atoms with Crippen molar-refractivity contribution in [3.05, 3.63) is 203 Å². The third-order valence-corrected chi connectivity index (χ3v) is 16.3. The summed E-state index contributed by atoms with van der Waals surface area (Å²) < 4.78 is 27.6. The van der Waals surface area contributed by atoms with E-state index in [-0.39, 0.29) is 0 Å². The summed E-state index contributed by atoms with van der Waals surface area (Å²) in [6.45, 7) is 25.6. The van der Waals surface area contributed by atoms with Crippen molar-refractivity contribution >= 4 is 59.3 Å². The van der Waals surface area contributed by atoms with E-state index in [1.807, 2.05) is 0 Å². The van der Waals surface area contributed by atoms with Gasteiger partial charge in [0.2, 0.25) is 0 Å². The fourth-order valence-electron chi connectivity index (χ4n) is 10.5. The highest BCUT2D eigenvalue weighted by molar-refractivity contribution is 6.66. The van der Waals surface area contributed by atoms with E-state index in [2.05, 4.69) is 263 Å². The first-order chi connectivity index (χ1) is 34.8. The summed E-state index contributed by atoms with van der Waals surface area (Å²) in [6.07, 6.45) is 0.724. The van der Waals surface area contributed by atoms with Gasteiger partial charge in [0.15, 0.2) is 0 Å². The van der Waals surface area contributed by atoms with E-state index in [0.29, 0.717) is 0 Å². The smallest absolute Gasteiger partial charge is 0.399 e. The molecule has 6 nitrogen and oxygen atoms in total. The summed E-state index contributed by atoms with van der Waals surface area (Å²) in [6, 6.07) is 62.4. The first-order valence-corrected chi connectivity index (χ1v) is 25.9. The standard InChI is InChI=1S/C65H66B2N2O4/c1-42-13-26-50(27-14-42)68(51-28-15-43(2)16-29-51)54-34-21-46(22-35-54)57-41-58-56-38-25-49(66-70-62(5,6)63(7,8)71-66)39-48(56)40-59(58)60(61(57)67-72-64(9,10)65(11,12)73-67)47-23-36-55(37-24-47)69(52-30-17-44(3)18-31-52)53-32-19-45(4)20-33-53/h13-39,41H,40H2,1-12H3. The summed E-state index contributed by atoms with van der Waals surface area (Å²) >= 11 is 0. The minimum atomic E-state index is -0.656. The van der Waals surface area contributed by atoms with Gasteiger partial charge >= 0.3 is 14.2 Å². The first kappa shape index (κ1) is 48.6. The van der Waals surface area contributed by atoms with Crippen LogP contribution in [0.2, 0.25) is 0 Å². The Morgan fingerprint density at radius 3 is 1.08 bits per heavy atom. The Labute approximate surface area is 434 Å². The lowest BCUT2D eigenvalue weighted by Gasteiger charge is -2.32. The summed E-state index contributed by atoms with van der Waals surface area (Å²) in [5, 5.41) is 0. The van der Waals surface area contributed by atoms with Gasteiger partial charge < -0.3 is 28.4 Å². The minimum absolute atomic E-state index is 0.451. The second kappa shape index (κ2) is 18.1. The molecule has 73 heavy (non-hydrogen) atoms. The summed E-state index contributed by atoms with van der Waals surface area (Å²) in [5.41, 5.74) is 20.7. The Hall–Kier alpha value is -6.67. The van der Waals surface area contributed by atoms with E-state index < -0.39 is 36.6 Å². The lowest BCUT2D eigenvalue weighted by Crippen LogP contribution is -2.41. The van der Waals surface area contributed by atoms with Gasteiger partial charge in [0.05, 0.1) is 22.4 Å². The third kappa shape index (κ3) is 8.82. The van der Waals surface area contributed by atoms with Crippen LogP contribution in [0.25, 0.3) is 33.4 Å². The van der Waals surface area contributed by atoms with E-state index in [1.54, 1.807) is 0 Å². The normalized spacial score (nSPS) is 16.9. The molecule has 2 heterocycles. The average Bonchev–Trinajstić information content (AvgIpc) is 3.92. The number of hydrogen-bond donors (Lipinski definition) is 0. The predicted octanol–water partition coefficient (Wildman–Crippen LogP) is 15.4. The molecule has 8 aromatic rings. The number of nitrogens with zero attached hydrogens (tertiary/aromatic N) is 2. The zero-order valence-corrected chi connectivity index (χ0v) is 44.6. The van der Waals surface area contributed by atoms with Crippen molar-refractivity contribution in [2.24, 2.45) is 0 Å². The van der Waals surface area contributed by atoms with Gasteiger partial charge in [-0.05, 0) is 224 Å². The van der Waals surface area contributed by atoms with Crippen LogP contribution in [0.3, 0.4) is 0 Å². The average molecular weight is 961 g/mol. The maximum atomic E-state index is 7.16. The van der Waals surface area contributed by atoms with Crippen LogP contribution in [0, 0.1) is 27.7 Å². The van der Waals surface area contributed by atoms with E-state index in [0.717, 1.165) is 73.7 Å². The molecule has 0 saturated carbocycles. The molecule has 0 atom stereocenters. The monoisotopic (exact) mass is 961 g/mol. The lowest BCUT2D eigenvalue weighted by molar-refractivity contribution is 0.00578. The predicted molar refractivity (Wildman–Crippen MR) is 305 cm³/mol. The zero-order valence-electron chi connectivity index (χ0n) is 44.6. The van der Waals surface area contributed by atoms with Crippen LogP contribution in [0.15, 0.2) is 170 Å². The van der Waals surface area contributed by atoms with Crippen LogP contribution in [-0.4, -0.2) is 36.6 Å². The van der Waals surface area contributed by atoms with Crippen LogP contribution >= 0.6 is 0 Å². The summed E-state index contributed by atoms with van der Waals surface area (Å²) in [7, 11) is -1.12. The molecular formula is C65H66B2N2O4. The second-order valence-electron chi connectivity index (χ2n) is 22.6. The fourth-order valence-corrected chi connectivity index (χ4v) is 10.5. The Kier molecular flexibility index (Phi) is 12.0. The molecule has 11 rings (SSSR count). The van der Waals surface area contributed by atoms with Crippen molar-refractivity contribution in [2.45, 2.75) is 112 Å². The van der Waals surface area contributed by atoms with Crippen molar-refractivity contribution < 1.29 is 18.6 Å². The van der Waals surface area contributed by atoms with Gasteiger partial charge in [-0.15, -0.1) is 0 Å². The van der Waals surface area contributed by atoms with Gasteiger partial charge in [0, 0.05) is 34.1 Å². The Balaban J connectivity index is 1.10. The SMILES string of the molecule is Cc1ccc(N(c2ccc(C)cc2)c2ccc(-c3cc4c(c(-c5ccc(N(c6ccc(C)cc6)c6ccc(C)cc6)cc5)c3B3OC(C)(C)C(C)(C)O3)Cc3cc(B5OC(C)(C)C(C)(C)O5)ccc3-4)cc2)cc1. The molecule has 2 saturated heterocycles. The Morgan fingerprint density at radius 2 is 0.699 bits per heavy atom. The van der Waals surface area contributed by atoms with Crippen molar-refractivity contribution in [3.63, 3.8) is 0 Å². The maximum Gasteiger partial charge on any atom is 0.496 e. The number of hydrogen-bond acceptors (Lipinski definition) is 6. The maximum absolute atomic E-state index is 7.16. The topological polar surface area (TPSA) is 43.4 Å². The molecule has 0 spiro atoms. The largest absolute Gasteiger partial charge is 0.496 e. The zero-order chi connectivity index (χ0) is 51.2. The van der Waals surface area contributed by atoms with Crippen molar-refractivity contribution in [3.8, 4) is 33.4 Å². The molecule has 1 aliphatic carbocycles. The molecular weight excluding hydrogens is 894 g/mol. The van der Waals surface area contributed by atoms with E-state index >= 15 is 0 Å². The van der Waals surface area contributed by atoms with E-state index in [9.17, 15) is 0 Å². The molecule has 0 N–H and O–H groups in total. The van der Waals surface area contributed by atoms with Crippen molar-refractivity contribution in [2.75, 3.05) is 9.80 Å². The lowest BCUT2D eigenvalue weighted by atomic mass is 9.68. The van der Waals surface area contributed by atoms with Crippen LogP contribution in [0.5, 0.6) is 0 Å². The Morgan fingerprint density at radius 1 is 0.356 bits per heavy atom. The van der Waals surface area contributed by atoms with Crippen LogP contribution < -0.4 is 20.7 Å². The molecule has 8 aromatic carbocycles. The molecule has 2 aliphatic heterocycles.